The number of rotatable bonds is 3. The molecule has 1 aromatic heterocycles. The first-order valence-corrected chi connectivity index (χ1v) is 8.36. The van der Waals surface area contributed by atoms with Gasteiger partial charge in [-0.3, -0.25) is 9.69 Å². The van der Waals surface area contributed by atoms with Crippen LogP contribution in [0.25, 0.3) is 0 Å². The van der Waals surface area contributed by atoms with Gasteiger partial charge in [-0.15, -0.1) is 0 Å². The SMILES string of the molecule is O=C(c1ccno1)N1CC[C@@H]2[C@@H]1CCN2CC1CCOCC1. The normalized spacial score (nSPS) is 29.9. The maximum atomic E-state index is 12.5. The molecule has 0 aromatic carbocycles. The molecule has 120 valence electrons. The fourth-order valence-corrected chi connectivity index (χ4v) is 4.28. The van der Waals surface area contributed by atoms with Gasteiger partial charge in [-0.1, -0.05) is 5.16 Å². The minimum Gasteiger partial charge on any atom is -0.381 e. The van der Waals surface area contributed by atoms with Crippen molar-refractivity contribution in [2.24, 2.45) is 5.92 Å². The molecule has 0 radical (unpaired) electrons. The van der Waals surface area contributed by atoms with Crippen molar-refractivity contribution in [1.82, 2.24) is 15.0 Å². The minimum atomic E-state index is -0.00193. The number of ether oxygens (including phenoxy) is 1. The van der Waals surface area contributed by atoms with E-state index in [9.17, 15) is 4.79 Å². The number of amides is 1. The Morgan fingerprint density at radius 3 is 2.77 bits per heavy atom. The van der Waals surface area contributed by atoms with Crippen molar-refractivity contribution in [2.45, 2.75) is 37.8 Å². The second kappa shape index (κ2) is 6.01. The molecule has 3 aliphatic rings. The Morgan fingerprint density at radius 2 is 2.00 bits per heavy atom. The average Bonchev–Trinajstić information content (AvgIpc) is 3.26. The van der Waals surface area contributed by atoms with E-state index in [1.165, 1.54) is 19.0 Å². The summed E-state index contributed by atoms with van der Waals surface area (Å²) in [5, 5.41) is 3.65. The quantitative estimate of drug-likeness (QED) is 0.844. The third-order valence-corrected chi connectivity index (χ3v) is 5.43. The van der Waals surface area contributed by atoms with Crippen molar-refractivity contribution in [3.05, 3.63) is 18.0 Å². The van der Waals surface area contributed by atoms with E-state index in [0.717, 1.165) is 51.6 Å². The number of hydrogen-bond donors (Lipinski definition) is 0. The Hall–Kier alpha value is -1.40. The zero-order valence-corrected chi connectivity index (χ0v) is 12.8. The van der Waals surface area contributed by atoms with Gasteiger partial charge in [-0.25, -0.2) is 0 Å². The van der Waals surface area contributed by atoms with Crippen molar-refractivity contribution in [2.75, 3.05) is 32.8 Å². The molecule has 0 spiro atoms. The Balaban J connectivity index is 1.39. The van der Waals surface area contributed by atoms with Crippen molar-refractivity contribution < 1.29 is 14.1 Å². The predicted octanol–water partition coefficient (Wildman–Crippen LogP) is 1.39. The summed E-state index contributed by atoms with van der Waals surface area (Å²) in [7, 11) is 0. The number of nitrogens with zero attached hydrogens (tertiary/aromatic N) is 3. The van der Waals surface area contributed by atoms with Crippen LogP contribution in [0.4, 0.5) is 0 Å². The molecule has 1 aromatic rings. The molecule has 4 rings (SSSR count). The Kier molecular flexibility index (Phi) is 3.88. The number of carbonyl (C=O) groups excluding carboxylic acids is 1. The number of aromatic nitrogens is 1. The van der Waals surface area contributed by atoms with Crippen LogP contribution in [-0.4, -0.2) is 65.8 Å². The van der Waals surface area contributed by atoms with Crippen LogP contribution < -0.4 is 0 Å². The summed E-state index contributed by atoms with van der Waals surface area (Å²) in [5.74, 6) is 1.12. The summed E-state index contributed by atoms with van der Waals surface area (Å²) >= 11 is 0. The second-order valence-electron chi connectivity index (χ2n) is 6.64. The smallest absolute Gasteiger partial charge is 0.292 e. The first kappa shape index (κ1) is 14.2. The van der Waals surface area contributed by atoms with E-state index in [1.54, 1.807) is 6.07 Å². The molecular weight excluding hydrogens is 282 g/mol. The fourth-order valence-electron chi connectivity index (χ4n) is 4.28. The maximum absolute atomic E-state index is 12.5. The van der Waals surface area contributed by atoms with E-state index in [4.69, 9.17) is 9.26 Å². The maximum Gasteiger partial charge on any atom is 0.292 e. The molecule has 0 unspecified atom stereocenters. The molecule has 2 atom stereocenters. The van der Waals surface area contributed by atoms with Crippen LogP contribution in [-0.2, 0) is 4.74 Å². The van der Waals surface area contributed by atoms with Crippen molar-refractivity contribution >= 4 is 5.91 Å². The molecule has 3 saturated heterocycles. The summed E-state index contributed by atoms with van der Waals surface area (Å²) in [6.07, 6.45) is 6.04. The molecule has 0 saturated carbocycles. The zero-order chi connectivity index (χ0) is 14.9. The molecule has 4 heterocycles. The van der Waals surface area contributed by atoms with Crippen LogP contribution in [0.2, 0.25) is 0 Å². The second-order valence-corrected chi connectivity index (χ2v) is 6.64. The monoisotopic (exact) mass is 305 g/mol. The lowest BCUT2D eigenvalue weighted by Crippen LogP contribution is -2.41. The highest BCUT2D eigenvalue weighted by Crippen LogP contribution is 2.34. The molecule has 3 aliphatic heterocycles. The standard InChI is InChI=1S/C16H23N3O3/c20-16(15-1-6-17-22-15)19-8-3-13-14(19)2-7-18(13)11-12-4-9-21-10-5-12/h1,6,12-14H,2-5,7-11H2/t13-,14+/m1/s1. The average molecular weight is 305 g/mol. The molecule has 0 aliphatic carbocycles. The third-order valence-electron chi connectivity index (χ3n) is 5.43. The van der Waals surface area contributed by atoms with Crippen LogP contribution in [0.15, 0.2) is 16.8 Å². The number of likely N-dealkylation sites (tertiary alicyclic amines) is 2. The minimum absolute atomic E-state index is 0.00193. The molecule has 6 heteroatoms. The molecule has 0 N–H and O–H groups in total. The van der Waals surface area contributed by atoms with Crippen molar-refractivity contribution in [1.29, 1.82) is 0 Å². The van der Waals surface area contributed by atoms with E-state index in [1.807, 2.05) is 4.90 Å². The van der Waals surface area contributed by atoms with E-state index in [2.05, 4.69) is 10.1 Å². The summed E-state index contributed by atoms with van der Waals surface area (Å²) < 4.78 is 10.5. The Morgan fingerprint density at radius 1 is 1.18 bits per heavy atom. The summed E-state index contributed by atoms with van der Waals surface area (Å²) in [6.45, 7) is 4.91. The summed E-state index contributed by atoms with van der Waals surface area (Å²) in [5.41, 5.74) is 0. The lowest BCUT2D eigenvalue weighted by Gasteiger charge is -2.30. The van der Waals surface area contributed by atoms with Gasteiger partial charge in [0.05, 0.1) is 6.20 Å². The van der Waals surface area contributed by atoms with Gasteiger partial charge >= 0.3 is 0 Å². The molecule has 3 fully saturated rings. The molecule has 0 bridgehead atoms. The Bertz CT molecular complexity index is 513. The van der Waals surface area contributed by atoms with E-state index in [0.29, 0.717) is 17.8 Å². The largest absolute Gasteiger partial charge is 0.381 e. The van der Waals surface area contributed by atoms with Crippen LogP contribution in [0.1, 0.15) is 36.2 Å². The van der Waals surface area contributed by atoms with Gasteiger partial charge < -0.3 is 14.2 Å². The van der Waals surface area contributed by atoms with E-state index in [-0.39, 0.29) is 5.91 Å². The third kappa shape index (κ3) is 2.54. The number of fused-ring (bicyclic) bond motifs is 1. The van der Waals surface area contributed by atoms with Crippen LogP contribution in [0, 0.1) is 5.92 Å². The molecule has 6 nitrogen and oxygen atoms in total. The lowest BCUT2D eigenvalue weighted by molar-refractivity contribution is 0.0501. The molecule has 22 heavy (non-hydrogen) atoms. The van der Waals surface area contributed by atoms with Crippen LogP contribution >= 0.6 is 0 Å². The number of carbonyl (C=O) groups is 1. The van der Waals surface area contributed by atoms with Gasteiger partial charge in [0, 0.05) is 51.0 Å². The van der Waals surface area contributed by atoms with Crippen LogP contribution in [0.5, 0.6) is 0 Å². The van der Waals surface area contributed by atoms with Crippen LogP contribution in [0.3, 0.4) is 0 Å². The van der Waals surface area contributed by atoms with Gasteiger partial charge in [0.1, 0.15) is 0 Å². The lowest BCUT2D eigenvalue weighted by atomic mass is 9.99. The van der Waals surface area contributed by atoms with Gasteiger partial charge in [0.2, 0.25) is 5.76 Å². The highest BCUT2D eigenvalue weighted by molar-refractivity contribution is 5.91. The topological polar surface area (TPSA) is 58.8 Å². The highest BCUT2D eigenvalue weighted by atomic mass is 16.5. The van der Waals surface area contributed by atoms with E-state index >= 15 is 0 Å². The van der Waals surface area contributed by atoms with Crippen molar-refractivity contribution in [3.8, 4) is 0 Å². The van der Waals surface area contributed by atoms with Crippen molar-refractivity contribution in [3.63, 3.8) is 0 Å². The van der Waals surface area contributed by atoms with Gasteiger partial charge in [-0.05, 0) is 31.6 Å². The number of hydrogen-bond acceptors (Lipinski definition) is 5. The van der Waals surface area contributed by atoms with Gasteiger partial charge in [0.15, 0.2) is 0 Å². The summed E-state index contributed by atoms with van der Waals surface area (Å²) in [6, 6.07) is 2.52. The zero-order valence-electron chi connectivity index (χ0n) is 12.8. The van der Waals surface area contributed by atoms with E-state index < -0.39 is 0 Å². The first-order valence-electron chi connectivity index (χ1n) is 8.36. The first-order chi connectivity index (χ1) is 10.8. The fraction of sp³-hybridized carbons (Fsp3) is 0.750. The van der Waals surface area contributed by atoms with Gasteiger partial charge in [-0.2, -0.15) is 0 Å². The Labute approximate surface area is 130 Å². The summed E-state index contributed by atoms with van der Waals surface area (Å²) in [4.78, 5) is 17.1. The predicted molar refractivity (Wildman–Crippen MR) is 79.5 cm³/mol. The van der Waals surface area contributed by atoms with Gasteiger partial charge in [0.25, 0.3) is 5.91 Å². The highest BCUT2D eigenvalue weighted by Gasteiger charge is 2.45. The molecule has 1 amide bonds. The molecular formula is C16H23N3O3.